The van der Waals surface area contributed by atoms with Crippen LogP contribution in [0.4, 0.5) is 5.69 Å². The van der Waals surface area contributed by atoms with E-state index < -0.39 is 12.0 Å². The summed E-state index contributed by atoms with van der Waals surface area (Å²) in [5, 5.41) is 15.0. The van der Waals surface area contributed by atoms with Gasteiger partial charge in [0.1, 0.15) is 11.7 Å². The number of aromatic nitrogens is 1. The predicted molar refractivity (Wildman–Crippen MR) is 79.2 cm³/mol. The van der Waals surface area contributed by atoms with Gasteiger partial charge >= 0.3 is 5.97 Å². The molecule has 1 heterocycles. The largest absolute Gasteiger partial charge is 0.480 e. The summed E-state index contributed by atoms with van der Waals surface area (Å²) in [5.41, 5.74) is 0.886. The smallest absolute Gasteiger partial charge is 0.326 e. The number of anilines is 1. The average molecular weight is 291 g/mol. The van der Waals surface area contributed by atoms with Gasteiger partial charge in [0.05, 0.1) is 0 Å². The second kappa shape index (κ2) is 7.06. The van der Waals surface area contributed by atoms with Crippen molar-refractivity contribution in [3.05, 3.63) is 24.0 Å². The van der Waals surface area contributed by atoms with Gasteiger partial charge in [0.25, 0.3) is 5.91 Å². The summed E-state index contributed by atoms with van der Waals surface area (Å²) >= 11 is 0. The number of hydrogen-bond donors (Lipinski definition) is 3. The maximum absolute atomic E-state index is 11.6. The third-order valence-corrected chi connectivity index (χ3v) is 3.93. The lowest BCUT2D eigenvalue weighted by molar-refractivity contribution is -0.139. The van der Waals surface area contributed by atoms with Crippen LogP contribution in [-0.4, -0.2) is 35.1 Å². The van der Waals surface area contributed by atoms with Crippen LogP contribution >= 0.6 is 0 Å². The van der Waals surface area contributed by atoms with Crippen molar-refractivity contribution >= 4 is 17.6 Å². The molecule has 0 saturated heterocycles. The number of nitrogens with one attached hydrogen (secondary N) is 2. The highest BCUT2D eigenvalue weighted by Gasteiger charge is 2.29. The zero-order chi connectivity index (χ0) is 15.2. The molecule has 0 bridgehead atoms. The van der Waals surface area contributed by atoms with Crippen molar-refractivity contribution in [2.75, 3.05) is 12.4 Å². The van der Waals surface area contributed by atoms with E-state index in [9.17, 15) is 14.7 Å². The molecule has 1 saturated carbocycles. The Labute approximate surface area is 124 Å². The maximum Gasteiger partial charge on any atom is 0.326 e. The lowest BCUT2D eigenvalue weighted by Crippen LogP contribution is -2.38. The van der Waals surface area contributed by atoms with Gasteiger partial charge in [0, 0.05) is 18.9 Å². The highest BCUT2D eigenvalue weighted by molar-refractivity contribution is 5.93. The normalized spacial score (nSPS) is 17.0. The molecule has 114 valence electrons. The van der Waals surface area contributed by atoms with Crippen molar-refractivity contribution in [3.63, 3.8) is 0 Å². The number of carboxylic acid groups (broad SMARTS) is 1. The monoisotopic (exact) mass is 291 g/mol. The Balaban J connectivity index is 2.13. The number of carbonyl (C=O) groups is 2. The lowest BCUT2D eigenvalue weighted by atomic mass is 9.84. The minimum absolute atomic E-state index is 0.132. The molecule has 1 unspecified atom stereocenters. The van der Waals surface area contributed by atoms with Crippen molar-refractivity contribution in [2.45, 2.75) is 38.1 Å². The van der Waals surface area contributed by atoms with Crippen LogP contribution in [0.2, 0.25) is 0 Å². The lowest BCUT2D eigenvalue weighted by Gasteiger charge is -2.28. The van der Waals surface area contributed by atoms with E-state index in [-0.39, 0.29) is 17.5 Å². The second-order valence-electron chi connectivity index (χ2n) is 5.37. The summed E-state index contributed by atoms with van der Waals surface area (Å²) in [6.45, 7) is 0. The van der Waals surface area contributed by atoms with Gasteiger partial charge in [0.2, 0.25) is 0 Å². The molecule has 1 amide bonds. The van der Waals surface area contributed by atoms with Crippen LogP contribution in [0.15, 0.2) is 18.3 Å². The Kier molecular flexibility index (Phi) is 5.14. The van der Waals surface area contributed by atoms with Crippen LogP contribution in [-0.2, 0) is 4.79 Å². The molecule has 6 heteroatoms. The molecule has 0 radical (unpaired) electrons. The first-order chi connectivity index (χ1) is 10.1. The number of aliphatic carboxylic acids is 1. The molecule has 1 aliphatic carbocycles. The number of carboxylic acids is 1. The van der Waals surface area contributed by atoms with Gasteiger partial charge < -0.3 is 15.7 Å². The molecule has 21 heavy (non-hydrogen) atoms. The number of nitrogens with zero attached hydrogens (tertiary/aromatic N) is 1. The third kappa shape index (κ3) is 3.93. The number of rotatable bonds is 5. The Bertz CT molecular complexity index is 513. The predicted octanol–water partition coefficient (Wildman–Crippen LogP) is 1.89. The SMILES string of the molecule is CNC(=O)c1cc(NC(C(=O)O)C2CCCCC2)ccn1. The molecule has 0 aliphatic heterocycles. The second-order valence-corrected chi connectivity index (χ2v) is 5.37. The van der Waals surface area contributed by atoms with Gasteiger partial charge in [0.15, 0.2) is 0 Å². The van der Waals surface area contributed by atoms with Gasteiger partial charge in [-0.2, -0.15) is 0 Å². The van der Waals surface area contributed by atoms with E-state index in [1.807, 2.05) is 0 Å². The number of hydrogen-bond acceptors (Lipinski definition) is 4. The molecule has 3 N–H and O–H groups in total. The van der Waals surface area contributed by atoms with Gasteiger partial charge in [-0.1, -0.05) is 19.3 Å². The molecule has 0 spiro atoms. The Morgan fingerprint density at radius 3 is 2.67 bits per heavy atom. The van der Waals surface area contributed by atoms with Crippen LogP contribution in [0.25, 0.3) is 0 Å². The summed E-state index contributed by atoms with van der Waals surface area (Å²) < 4.78 is 0. The molecule has 2 rings (SSSR count). The van der Waals surface area contributed by atoms with E-state index in [0.717, 1.165) is 25.7 Å². The van der Waals surface area contributed by atoms with Crippen molar-refractivity contribution in [3.8, 4) is 0 Å². The van der Waals surface area contributed by atoms with Crippen molar-refractivity contribution < 1.29 is 14.7 Å². The third-order valence-electron chi connectivity index (χ3n) is 3.93. The maximum atomic E-state index is 11.6. The topological polar surface area (TPSA) is 91.3 Å². The molecule has 6 nitrogen and oxygen atoms in total. The van der Waals surface area contributed by atoms with E-state index in [0.29, 0.717) is 5.69 Å². The summed E-state index contributed by atoms with van der Waals surface area (Å²) in [4.78, 5) is 27.1. The van der Waals surface area contributed by atoms with E-state index in [1.165, 1.54) is 19.7 Å². The first-order valence-electron chi connectivity index (χ1n) is 7.29. The zero-order valence-electron chi connectivity index (χ0n) is 12.1. The van der Waals surface area contributed by atoms with Crippen LogP contribution in [0.1, 0.15) is 42.6 Å². The van der Waals surface area contributed by atoms with Gasteiger partial charge in [-0.15, -0.1) is 0 Å². The first kappa shape index (κ1) is 15.3. The summed E-state index contributed by atoms with van der Waals surface area (Å²) in [5.74, 6) is -1.00. The molecule has 1 fully saturated rings. The van der Waals surface area contributed by atoms with Crippen molar-refractivity contribution in [1.82, 2.24) is 10.3 Å². The number of amides is 1. The van der Waals surface area contributed by atoms with Gasteiger partial charge in [-0.3, -0.25) is 9.78 Å². The first-order valence-corrected chi connectivity index (χ1v) is 7.29. The fraction of sp³-hybridized carbons (Fsp3) is 0.533. The summed E-state index contributed by atoms with van der Waals surface area (Å²) in [6.07, 6.45) is 6.70. The fourth-order valence-electron chi connectivity index (χ4n) is 2.80. The Hall–Kier alpha value is -2.11. The number of carbonyl (C=O) groups excluding carboxylic acids is 1. The van der Waals surface area contributed by atoms with Crippen LogP contribution in [0, 0.1) is 5.92 Å². The average Bonchev–Trinajstić information content (AvgIpc) is 2.52. The molecule has 1 aliphatic rings. The molecular formula is C15H21N3O3. The van der Waals surface area contributed by atoms with Crippen LogP contribution < -0.4 is 10.6 Å². The van der Waals surface area contributed by atoms with Gasteiger partial charge in [-0.25, -0.2) is 4.79 Å². The summed E-state index contributed by atoms with van der Waals surface area (Å²) in [6, 6.07) is 2.65. The summed E-state index contributed by atoms with van der Waals surface area (Å²) in [7, 11) is 1.53. The van der Waals surface area contributed by atoms with E-state index in [4.69, 9.17) is 0 Å². The highest BCUT2D eigenvalue weighted by atomic mass is 16.4. The van der Waals surface area contributed by atoms with Crippen molar-refractivity contribution in [1.29, 1.82) is 0 Å². The van der Waals surface area contributed by atoms with Crippen LogP contribution in [0.5, 0.6) is 0 Å². The van der Waals surface area contributed by atoms with E-state index in [2.05, 4.69) is 15.6 Å². The minimum Gasteiger partial charge on any atom is -0.480 e. The molecular weight excluding hydrogens is 270 g/mol. The van der Waals surface area contributed by atoms with Crippen LogP contribution in [0.3, 0.4) is 0 Å². The van der Waals surface area contributed by atoms with Gasteiger partial charge in [-0.05, 0) is 30.9 Å². The molecule has 1 atom stereocenters. The Morgan fingerprint density at radius 1 is 1.33 bits per heavy atom. The quantitative estimate of drug-likeness (QED) is 0.770. The molecule has 1 aromatic rings. The van der Waals surface area contributed by atoms with E-state index in [1.54, 1.807) is 12.1 Å². The van der Waals surface area contributed by atoms with E-state index >= 15 is 0 Å². The Morgan fingerprint density at radius 2 is 2.05 bits per heavy atom. The minimum atomic E-state index is -0.847. The van der Waals surface area contributed by atoms with Crippen molar-refractivity contribution in [2.24, 2.45) is 5.92 Å². The molecule has 1 aromatic heterocycles. The molecule has 0 aromatic carbocycles. The highest BCUT2D eigenvalue weighted by Crippen LogP contribution is 2.28. The number of pyridine rings is 1. The standard InChI is InChI=1S/C15H21N3O3/c1-16-14(19)12-9-11(7-8-17-12)18-13(15(20)21)10-5-3-2-4-6-10/h7-10,13H,2-6H2,1H3,(H,16,19)(H,17,18)(H,20,21). The fourth-order valence-corrected chi connectivity index (χ4v) is 2.80. The zero-order valence-corrected chi connectivity index (χ0v) is 12.1.